The fourth-order valence-electron chi connectivity index (χ4n) is 3.52. The summed E-state index contributed by atoms with van der Waals surface area (Å²) in [4.78, 5) is 14.9. The number of fused-ring (bicyclic) bond motifs is 3. The first-order chi connectivity index (χ1) is 11.7. The molecule has 1 atom stereocenters. The van der Waals surface area contributed by atoms with Crippen molar-refractivity contribution in [2.45, 2.75) is 18.9 Å². The van der Waals surface area contributed by atoms with E-state index in [-0.39, 0.29) is 11.9 Å². The molecule has 1 aromatic carbocycles. The summed E-state index contributed by atoms with van der Waals surface area (Å²) in [6.45, 7) is 3.30. The Balaban J connectivity index is 1.38. The van der Waals surface area contributed by atoms with E-state index in [1.54, 1.807) is 30.3 Å². The molecule has 3 saturated heterocycles. The highest BCUT2D eigenvalue weighted by Crippen LogP contribution is 2.28. The molecule has 5 nitrogen and oxygen atoms in total. The zero-order valence-corrected chi connectivity index (χ0v) is 14.0. The molecule has 5 rings (SSSR count). The van der Waals surface area contributed by atoms with Crippen LogP contribution in [-0.2, 0) is 0 Å². The second kappa shape index (κ2) is 6.49. The Kier molecular flexibility index (Phi) is 4.21. The van der Waals surface area contributed by atoms with Gasteiger partial charge in [-0.15, -0.1) is 0 Å². The largest absolute Gasteiger partial charge is 0.432 e. The van der Waals surface area contributed by atoms with Crippen LogP contribution in [0.2, 0.25) is 5.02 Å². The third kappa shape index (κ3) is 3.28. The summed E-state index contributed by atoms with van der Waals surface area (Å²) in [5.41, 5.74) is 0.635. The third-order valence-electron chi connectivity index (χ3n) is 4.85. The normalized spacial score (nSPS) is 25.5. The SMILES string of the molecule is O=C(N[C@H]1CN2CCC1CC2)c1ccc(Oc2cc(Cl)co2)cc1. The second-order valence-corrected chi connectivity index (χ2v) is 6.86. The van der Waals surface area contributed by atoms with Crippen molar-refractivity contribution < 1.29 is 13.9 Å². The number of ether oxygens (including phenoxy) is 1. The molecule has 0 spiro atoms. The number of furan rings is 1. The van der Waals surface area contributed by atoms with Gasteiger partial charge >= 0.3 is 0 Å². The van der Waals surface area contributed by atoms with Crippen molar-refractivity contribution in [3.05, 3.63) is 47.2 Å². The molecule has 3 aliphatic heterocycles. The minimum atomic E-state index is -0.0265. The van der Waals surface area contributed by atoms with E-state index < -0.39 is 0 Å². The van der Waals surface area contributed by atoms with Gasteiger partial charge in [0.2, 0.25) is 0 Å². The highest BCUT2D eigenvalue weighted by atomic mass is 35.5. The van der Waals surface area contributed by atoms with Gasteiger partial charge in [0.05, 0.1) is 5.02 Å². The Hall–Kier alpha value is -1.98. The lowest BCUT2D eigenvalue weighted by molar-refractivity contribution is 0.0620. The molecule has 6 heteroatoms. The molecule has 2 aromatic rings. The van der Waals surface area contributed by atoms with Gasteiger partial charge in [0.15, 0.2) is 0 Å². The average Bonchev–Trinajstić information content (AvgIpc) is 3.01. The molecule has 0 unspecified atom stereocenters. The highest BCUT2D eigenvalue weighted by Gasteiger charge is 2.34. The molecule has 3 aliphatic rings. The van der Waals surface area contributed by atoms with E-state index >= 15 is 0 Å². The Labute approximate surface area is 145 Å². The van der Waals surface area contributed by atoms with Gasteiger partial charge in [0, 0.05) is 24.2 Å². The molecule has 1 N–H and O–H groups in total. The molecule has 0 aliphatic carbocycles. The van der Waals surface area contributed by atoms with Gasteiger partial charge < -0.3 is 19.4 Å². The first-order valence-corrected chi connectivity index (χ1v) is 8.60. The number of carbonyl (C=O) groups is 1. The number of halogens is 1. The van der Waals surface area contributed by atoms with Crippen LogP contribution in [0.3, 0.4) is 0 Å². The number of carbonyl (C=O) groups excluding carboxylic acids is 1. The number of nitrogens with zero attached hydrogens (tertiary/aromatic N) is 1. The van der Waals surface area contributed by atoms with Crippen molar-refractivity contribution in [3.63, 3.8) is 0 Å². The van der Waals surface area contributed by atoms with Crippen molar-refractivity contribution in [3.8, 4) is 11.7 Å². The maximum atomic E-state index is 12.5. The number of benzene rings is 1. The summed E-state index contributed by atoms with van der Waals surface area (Å²) in [6, 6.07) is 8.88. The van der Waals surface area contributed by atoms with Crippen molar-refractivity contribution in [1.82, 2.24) is 10.2 Å². The molecule has 0 saturated carbocycles. The summed E-state index contributed by atoms with van der Waals surface area (Å²) < 4.78 is 10.7. The van der Waals surface area contributed by atoms with Crippen LogP contribution in [0.15, 0.2) is 41.0 Å². The number of nitrogens with one attached hydrogen (secondary N) is 1. The minimum Gasteiger partial charge on any atom is -0.432 e. The Morgan fingerprint density at radius 1 is 1.25 bits per heavy atom. The summed E-state index contributed by atoms with van der Waals surface area (Å²) in [5, 5.41) is 3.67. The standard InChI is InChI=1S/C18H19ClN2O3/c19-14-9-17(23-11-14)24-15-3-1-13(2-4-15)18(22)20-16-10-21-7-5-12(16)6-8-21/h1-4,9,11-12,16H,5-8,10H2,(H,20,22)/t16-/m0/s1. The van der Waals surface area contributed by atoms with E-state index in [1.165, 1.54) is 32.2 Å². The van der Waals surface area contributed by atoms with Crippen LogP contribution in [0.5, 0.6) is 11.7 Å². The van der Waals surface area contributed by atoms with E-state index in [4.69, 9.17) is 20.8 Å². The van der Waals surface area contributed by atoms with Crippen LogP contribution in [0, 0.1) is 5.92 Å². The molecular formula is C18H19ClN2O3. The number of piperidine rings is 3. The van der Waals surface area contributed by atoms with Crippen molar-refractivity contribution in [2.75, 3.05) is 19.6 Å². The first kappa shape index (κ1) is 15.5. The Morgan fingerprint density at radius 2 is 2.00 bits per heavy atom. The average molecular weight is 347 g/mol. The topological polar surface area (TPSA) is 54.7 Å². The van der Waals surface area contributed by atoms with Crippen molar-refractivity contribution in [2.24, 2.45) is 5.92 Å². The summed E-state index contributed by atoms with van der Waals surface area (Å²) >= 11 is 5.78. The monoisotopic (exact) mass is 346 g/mol. The molecule has 3 fully saturated rings. The van der Waals surface area contributed by atoms with Gasteiger partial charge in [-0.25, -0.2) is 0 Å². The molecule has 4 heterocycles. The van der Waals surface area contributed by atoms with E-state index in [2.05, 4.69) is 10.2 Å². The van der Waals surface area contributed by atoms with E-state index in [9.17, 15) is 4.79 Å². The molecule has 1 aromatic heterocycles. The lowest BCUT2D eigenvalue weighted by atomic mass is 9.84. The number of rotatable bonds is 4. The quantitative estimate of drug-likeness (QED) is 0.919. The predicted molar refractivity (Wildman–Crippen MR) is 90.7 cm³/mol. The maximum Gasteiger partial charge on any atom is 0.291 e. The van der Waals surface area contributed by atoms with Gasteiger partial charge in [-0.2, -0.15) is 0 Å². The second-order valence-electron chi connectivity index (χ2n) is 6.43. The van der Waals surface area contributed by atoms with Crippen LogP contribution in [-0.4, -0.2) is 36.5 Å². The van der Waals surface area contributed by atoms with Crippen LogP contribution < -0.4 is 10.1 Å². The molecule has 1 amide bonds. The van der Waals surface area contributed by atoms with Gasteiger partial charge in [0.1, 0.15) is 12.0 Å². The van der Waals surface area contributed by atoms with E-state index in [0.29, 0.717) is 28.2 Å². The molecule has 0 radical (unpaired) electrons. The van der Waals surface area contributed by atoms with Crippen LogP contribution in [0.25, 0.3) is 0 Å². The van der Waals surface area contributed by atoms with Crippen molar-refractivity contribution >= 4 is 17.5 Å². The molecule has 2 bridgehead atoms. The smallest absolute Gasteiger partial charge is 0.291 e. The minimum absolute atomic E-state index is 0.0265. The summed E-state index contributed by atoms with van der Waals surface area (Å²) in [6.07, 6.45) is 3.78. The lowest BCUT2D eigenvalue weighted by Crippen LogP contribution is -2.57. The van der Waals surface area contributed by atoms with E-state index in [0.717, 1.165) is 6.54 Å². The van der Waals surface area contributed by atoms with Crippen molar-refractivity contribution in [1.29, 1.82) is 0 Å². The lowest BCUT2D eigenvalue weighted by Gasteiger charge is -2.44. The van der Waals surface area contributed by atoms with Gasteiger partial charge in [-0.1, -0.05) is 11.6 Å². The highest BCUT2D eigenvalue weighted by molar-refractivity contribution is 6.30. The summed E-state index contributed by atoms with van der Waals surface area (Å²) in [5.74, 6) is 1.51. The van der Waals surface area contributed by atoms with Crippen LogP contribution >= 0.6 is 11.6 Å². The number of amides is 1. The fraction of sp³-hybridized carbons (Fsp3) is 0.389. The molecular weight excluding hydrogens is 328 g/mol. The van der Waals surface area contributed by atoms with E-state index in [1.807, 2.05) is 0 Å². The van der Waals surface area contributed by atoms with Gasteiger partial charge in [0.25, 0.3) is 11.9 Å². The number of hydrogen-bond acceptors (Lipinski definition) is 4. The number of hydrogen-bond donors (Lipinski definition) is 1. The summed E-state index contributed by atoms with van der Waals surface area (Å²) in [7, 11) is 0. The Bertz CT molecular complexity index is 720. The molecule has 24 heavy (non-hydrogen) atoms. The van der Waals surface area contributed by atoms with Crippen LogP contribution in [0.1, 0.15) is 23.2 Å². The fourth-order valence-corrected chi connectivity index (χ4v) is 3.65. The van der Waals surface area contributed by atoms with Gasteiger partial charge in [-0.3, -0.25) is 4.79 Å². The zero-order chi connectivity index (χ0) is 16.5. The third-order valence-corrected chi connectivity index (χ3v) is 5.05. The van der Waals surface area contributed by atoms with Gasteiger partial charge in [-0.05, 0) is 56.1 Å². The predicted octanol–water partition coefficient (Wildman–Crippen LogP) is 3.55. The zero-order valence-electron chi connectivity index (χ0n) is 13.2. The Morgan fingerprint density at radius 3 is 2.58 bits per heavy atom. The van der Waals surface area contributed by atoms with Crippen LogP contribution in [0.4, 0.5) is 0 Å². The maximum absolute atomic E-state index is 12.5. The molecule has 126 valence electrons. The first-order valence-electron chi connectivity index (χ1n) is 8.22.